The van der Waals surface area contributed by atoms with E-state index >= 15 is 0 Å². The maximum Gasteiger partial charge on any atom is 0.0441 e. The van der Waals surface area contributed by atoms with Crippen molar-refractivity contribution in [1.29, 1.82) is 0 Å². The monoisotopic (exact) mass is 287 g/mol. The van der Waals surface area contributed by atoms with E-state index in [2.05, 4.69) is 55.6 Å². The van der Waals surface area contributed by atoms with Crippen LogP contribution in [0.25, 0.3) is 11.1 Å². The van der Waals surface area contributed by atoms with Crippen molar-refractivity contribution in [2.45, 2.75) is 33.2 Å². The van der Waals surface area contributed by atoms with Crippen LogP contribution in [-0.2, 0) is 0 Å². The molecular weight excluding hydrogens is 266 g/mol. The lowest BCUT2D eigenvalue weighted by atomic mass is 9.99. The fourth-order valence-electron chi connectivity index (χ4n) is 2.42. The van der Waals surface area contributed by atoms with Crippen LogP contribution in [0.5, 0.6) is 0 Å². The average Bonchev–Trinajstić information content (AvgIpc) is 2.48. The first-order valence-corrected chi connectivity index (χ1v) is 7.63. The molecule has 2 aromatic carbocycles. The maximum absolute atomic E-state index is 6.20. The number of nitrogens with one attached hydrogen (secondary N) is 1. The Bertz CT molecular complexity index is 560. The van der Waals surface area contributed by atoms with Crippen molar-refractivity contribution in [3.05, 3.63) is 58.6 Å². The molecule has 106 valence electrons. The van der Waals surface area contributed by atoms with E-state index in [9.17, 15) is 0 Å². The molecule has 0 aliphatic rings. The van der Waals surface area contributed by atoms with Gasteiger partial charge >= 0.3 is 0 Å². The molecule has 0 aliphatic carbocycles. The Hall–Kier alpha value is -1.31. The van der Waals surface area contributed by atoms with Gasteiger partial charge in [0.25, 0.3) is 0 Å². The molecule has 0 fully saturated rings. The number of aryl methyl sites for hydroxylation is 1. The summed E-state index contributed by atoms with van der Waals surface area (Å²) in [6, 6.07) is 15.4. The summed E-state index contributed by atoms with van der Waals surface area (Å²) in [6.07, 6.45) is 1.10. The van der Waals surface area contributed by atoms with Gasteiger partial charge in [-0.05, 0) is 48.2 Å². The van der Waals surface area contributed by atoms with Gasteiger partial charge in [-0.3, -0.25) is 0 Å². The summed E-state index contributed by atoms with van der Waals surface area (Å²) in [5.41, 5.74) is 4.84. The highest BCUT2D eigenvalue weighted by Crippen LogP contribution is 2.27. The molecule has 0 saturated heterocycles. The Morgan fingerprint density at radius 2 is 1.65 bits per heavy atom. The van der Waals surface area contributed by atoms with E-state index in [1.165, 1.54) is 16.7 Å². The van der Waals surface area contributed by atoms with E-state index < -0.39 is 0 Å². The molecule has 1 atom stereocenters. The largest absolute Gasteiger partial charge is 0.310 e. The second-order valence-corrected chi connectivity index (χ2v) is 5.51. The SMILES string of the molecule is CCNC(CC)c1ccc(-c2ccc(C)c(Cl)c2)cc1. The standard InChI is InChI=1S/C18H22ClN/c1-4-18(20-5-2)15-10-8-14(9-11-15)16-7-6-13(3)17(19)12-16/h6-12,18,20H,4-5H2,1-3H3. The van der Waals surface area contributed by atoms with E-state index in [1.54, 1.807) is 0 Å². The zero-order valence-corrected chi connectivity index (χ0v) is 13.2. The van der Waals surface area contributed by atoms with Gasteiger partial charge in [0.15, 0.2) is 0 Å². The fourth-order valence-corrected chi connectivity index (χ4v) is 2.61. The van der Waals surface area contributed by atoms with Gasteiger partial charge < -0.3 is 5.32 Å². The molecular formula is C18H22ClN. The van der Waals surface area contributed by atoms with Crippen LogP contribution in [0.15, 0.2) is 42.5 Å². The lowest BCUT2D eigenvalue weighted by Crippen LogP contribution is -2.19. The Morgan fingerprint density at radius 1 is 1.00 bits per heavy atom. The highest BCUT2D eigenvalue weighted by molar-refractivity contribution is 6.31. The number of hydrogen-bond acceptors (Lipinski definition) is 1. The molecule has 0 saturated carbocycles. The van der Waals surface area contributed by atoms with Crippen LogP contribution in [0, 0.1) is 6.92 Å². The predicted octanol–water partition coefficient (Wildman–Crippen LogP) is 5.38. The molecule has 0 radical (unpaired) electrons. The van der Waals surface area contributed by atoms with Crippen LogP contribution in [0.3, 0.4) is 0 Å². The molecule has 0 amide bonds. The van der Waals surface area contributed by atoms with E-state index in [-0.39, 0.29) is 0 Å². The average molecular weight is 288 g/mol. The van der Waals surface area contributed by atoms with E-state index in [0.29, 0.717) is 6.04 Å². The Kier molecular flexibility index (Phi) is 5.22. The van der Waals surface area contributed by atoms with Gasteiger partial charge in [-0.2, -0.15) is 0 Å². The minimum Gasteiger partial charge on any atom is -0.310 e. The van der Waals surface area contributed by atoms with Crippen molar-refractivity contribution in [2.24, 2.45) is 0 Å². The summed E-state index contributed by atoms with van der Waals surface area (Å²) < 4.78 is 0. The van der Waals surface area contributed by atoms with Gasteiger partial charge in [0.2, 0.25) is 0 Å². The van der Waals surface area contributed by atoms with Gasteiger partial charge in [0, 0.05) is 11.1 Å². The Labute approximate surface area is 127 Å². The normalized spacial score (nSPS) is 12.4. The molecule has 0 bridgehead atoms. The minimum absolute atomic E-state index is 0.440. The number of benzene rings is 2. The van der Waals surface area contributed by atoms with Crippen LogP contribution in [0.2, 0.25) is 5.02 Å². The summed E-state index contributed by atoms with van der Waals surface area (Å²) in [5, 5.41) is 4.33. The van der Waals surface area contributed by atoms with Crippen molar-refractivity contribution in [3.8, 4) is 11.1 Å². The Balaban J connectivity index is 2.25. The van der Waals surface area contributed by atoms with E-state index in [0.717, 1.165) is 23.6 Å². The molecule has 0 aromatic heterocycles. The molecule has 2 aromatic rings. The number of hydrogen-bond donors (Lipinski definition) is 1. The first-order chi connectivity index (χ1) is 9.65. The van der Waals surface area contributed by atoms with Crippen LogP contribution in [0.1, 0.15) is 37.4 Å². The van der Waals surface area contributed by atoms with Gasteiger partial charge in [0.1, 0.15) is 0 Å². The van der Waals surface area contributed by atoms with Crippen molar-refractivity contribution < 1.29 is 0 Å². The summed E-state index contributed by atoms with van der Waals surface area (Å²) in [5.74, 6) is 0. The third-order valence-corrected chi connectivity index (χ3v) is 4.08. The quantitative estimate of drug-likeness (QED) is 0.779. The first kappa shape index (κ1) is 15.1. The maximum atomic E-state index is 6.20. The number of halogens is 1. The molecule has 20 heavy (non-hydrogen) atoms. The molecule has 2 rings (SSSR count). The third kappa shape index (κ3) is 3.41. The molecule has 0 aliphatic heterocycles. The zero-order chi connectivity index (χ0) is 14.5. The molecule has 2 heteroatoms. The van der Waals surface area contributed by atoms with Gasteiger partial charge in [0.05, 0.1) is 0 Å². The van der Waals surface area contributed by atoms with E-state index in [4.69, 9.17) is 11.6 Å². The Morgan fingerprint density at radius 3 is 2.20 bits per heavy atom. The molecule has 0 heterocycles. The molecule has 1 unspecified atom stereocenters. The second kappa shape index (κ2) is 6.92. The fraction of sp³-hybridized carbons (Fsp3) is 0.333. The smallest absolute Gasteiger partial charge is 0.0441 e. The minimum atomic E-state index is 0.440. The second-order valence-electron chi connectivity index (χ2n) is 5.10. The molecule has 1 nitrogen and oxygen atoms in total. The third-order valence-electron chi connectivity index (χ3n) is 3.68. The summed E-state index contributed by atoms with van der Waals surface area (Å²) >= 11 is 6.20. The lowest BCUT2D eigenvalue weighted by Gasteiger charge is -2.16. The van der Waals surface area contributed by atoms with Gasteiger partial charge in [-0.15, -0.1) is 0 Å². The molecule has 0 spiro atoms. The van der Waals surface area contributed by atoms with E-state index in [1.807, 2.05) is 13.0 Å². The topological polar surface area (TPSA) is 12.0 Å². The first-order valence-electron chi connectivity index (χ1n) is 7.25. The summed E-state index contributed by atoms with van der Waals surface area (Å²) in [7, 11) is 0. The van der Waals surface area contributed by atoms with Crippen LogP contribution in [0.4, 0.5) is 0 Å². The highest BCUT2D eigenvalue weighted by atomic mass is 35.5. The van der Waals surface area contributed by atoms with Crippen LogP contribution < -0.4 is 5.32 Å². The highest BCUT2D eigenvalue weighted by Gasteiger charge is 2.08. The van der Waals surface area contributed by atoms with Crippen molar-refractivity contribution in [2.75, 3.05) is 6.54 Å². The zero-order valence-electron chi connectivity index (χ0n) is 12.4. The number of rotatable bonds is 5. The van der Waals surface area contributed by atoms with Crippen molar-refractivity contribution >= 4 is 11.6 Å². The van der Waals surface area contributed by atoms with Gasteiger partial charge in [-0.1, -0.05) is 61.8 Å². The van der Waals surface area contributed by atoms with Crippen LogP contribution >= 0.6 is 11.6 Å². The van der Waals surface area contributed by atoms with Crippen molar-refractivity contribution in [1.82, 2.24) is 5.32 Å². The molecule has 1 N–H and O–H groups in total. The van der Waals surface area contributed by atoms with Crippen molar-refractivity contribution in [3.63, 3.8) is 0 Å². The van der Waals surface area contributed by atoms with Gasteiger partial charge in [-0.25, -0.2) is 0 Å². The van der Waals surface area contributed by atoms with Crippen LogP contribution in [-0.4, -0.2) is 6.54 Å². The summed E-state index contributed by atoms with van der Waals surface area (Å²) in [4.78, 5) is 0. The predicted molar refractivity (Wildman–Crippen MR) is 88.3 cm³/mol. The summed E-state index contributed by atoms with van der Waals surface area (Å²) in [6.45, 7) is 7.37. The lowest BCUT2D eigenvalue weighted by molar-refractivity contribution is 0.537.